The molecule has 4 N–H and O–H groups in total. The van der Waals surface area contributed by atoms with Crippen LogP contribution < -0.4 is 15.8 Å². The van der Waals surface area contributed by atoms with E-state index in [0.717, 1.165) is 17.7 Å². The topological polar surface area (TPSA) is 101 Å². The molecule has 1 atom stereocenters. The van der Waals surface area contributed by atoms with Gasteiger partial charge in [0.05, 0.1) is 4.90 Å². The summed E-state index contributed by atoms with van der Waals surface area (Å²) in [5, 5.41) is 3.21. The van der Waals surface area contributed by atoms with E-state index >= 15 is 0 Å². The summed E-state index contributed by atoms with van der Waals surface area (Å²) in [5.41, 5.74) is 7.08. The smallest absolute Gasteiger partial charge is 0.241 e. The van der Waals surface area contributed by atoms with Crippen molar-refractivity contribution in [1.82, 2.24) is 10.0 Å². The molecule has 0 saturated carbocycles. The molecule has 7 heteroatoms. The van der Waals surface area contributed by atoms with Gasteiger partial charge in [-0.05, 0) is 36.1 Å². The summed E-state index contributed by atoms with van der Waals surface area (Å²) in [6, 6.07) is 4.29. The minimum Gasteiger partial charge on any atom is -0.368 e. The molecule has 1 aromatic rings. The molecule has 0 bridgehead atoms. The molecule has 0 saturated heterocycles. The first kappa shape index (κ1) is 15.9. The molecule has 0 fully saturated rings. The molecule has 1 heterocycles. The van der Waals surface area contributed by atoms with E-state index < -0.39 is 22.0 Å². The summed E-state index contributed by atoms with van der Waals surface area (Å²) in [5.74, 6) is -0.876. The SMILES string of the molecule is CC(C)C(NS(=O)(=O)c1cccc2c1CCNC2)C(N)=O. The van der Waals surface area contributed by atoms with Gasteiger partial charge in [0.15, 0.2) is 0 Å². The number of fused-ring (bicyclic) bond motifs is 1. The molecule has 116 valence electrons. The molecular formula is C14H21N3O3S. The molecule has 1 aliphatic heterocycles. The fourth-order valence-corrected chi connectivity index (χ4v) is 4.17. The molecule has 21 heavy (non-hydrogen) atoms. The van der Waals surface area contributed by atoms with E-state index in [4.69, 9.17) is 5.73 Å². The van der Waals surface area contributed by atoms with Crippen LogP contribution in [-0.2, 0) is 27.8 Å². The van der Waals surface area contributed by atoms with Crippen molar-refractivity contribution in [3.8, 4) is 0 Å². The predicted molar refractivity (Wildman–Crippen MR) is 80.0 cm³/mol. The second-order valence-corrected chi connectivity index (χ2v) is 7.25. The Balaban J connectivity index is 2.38. The van der Waals surface area contributed by atoms with Crippen LogP contribution in [0, 0.1) is 5.92 Å². The number of nitrogens with two attached hydrogens (primary N) is 1. The Morgan fingerprint density at radius 1 is 1.38 bits per heavy atom. The Morgan fingerprint density at radius 3 is 2.71 bits per heavy atom. The van der Waals surface area contributed by atoms with Gasteiger partial charge in [0, 0.05) is 6.54 Å². The lowest BCUT2D eigenvalue weighted by molar-refractivity contribution is -0.120. The van der Waals surface area contributed by atoms with Gasteiger partial charge in [0.2, 0.25) is 15.9 Å². The van der Waals surface area contributed by atoms with Crippen molar-refractivity contribution in [2.75, 3.05) is 6.54 Å². The van der Waals surface area contributed by atoms with Gasteiger partial charge in [-0.2, -0.15) is 4.72 Å². The largest absolute Gasteiger partial charge is 0.368 e. The van der Waals surface area contributed by atoms with Crippen molar-refractivity contribution < 1.29 is 13.2 Å². The highest BCUT2D eigenvalue weighted by atomic mass is 32.2. The van der Waals surface area contributed by atoms with E-state index in [-0.39, 0.29) is 10.8 Å². The van der Waals surface area contributed by atoms with Gasteiger partial charge in [-0.15, -0.1) is 0 Å². The first-order chi connectivity index (χ1) is 9.83. The Morgan fingerprint density at radius 2 is 2.10 bits per heavy atom. The molecule has 1 unspecified atom stereocenters. The number of carbonyl (C=O) groups excluding carboxylic acids is 1. The van der Waals surface area contributed by atoms with Gasteiger partial charge < -0.3 is 11.1 Å². The molecule has 0 aromatic heterocycles. The number of benzene rings is 1. The van der Waals surface area contributed by atoms with Crippen molar-refractivity contribution in [3.63, 3.8) is 0 Å². The molecule has 0 spiro atoms. The predicted octanol–water partition coefficient (Wildman–Crippen LogP) is 0.121. The summed E-state index contributed by atoms with van der Waals surface area (Å²) < 4.78 is 27.6. The van der Waals surface area contributed by atoms with E-state index in [1.165, 1.54) is 0 Å². The maximum atomic E-state index is 12.6. The van der Waals surface area contributed by atoms with E-state index in [1.807, 2.05) is 6.07 Å². The van der Waals surface area contributed by atoms with Crippen LogP contribution in [-0.4, -0.2) is 26.9 Å². The highest BCUT2D eigenvalue weighted by Crippen LogP contribution is 2.23. The van der Waals surface area contributed by atoms with Gasteiger partial charge in [-0.1, -0.05) is 26.0 Å². The van der Waals surface area contributed by atoms with Crippen molar-refractivity contribution in [2.24, 2.45) is 11.7 Å². The van der Waals surface area contributed by atoms with Gasteiger partial charge in [-0.25, -0.2) is 8.42 Å². The number of carbonyl (C=O) groups is 1. The first-order valence-electron chi connectivity index (χ1n) is 6.96. The number of sulfonamides is 1. The molecule has 1 aromatic carbocycles. The summed E-state index contributed by atoms with van der Waals surface area (Å²) in [6.45, 7) is 4.90. The summed E-state index contributed by atoms with van der Waals surface area (Å²) in [7, 11) is -3.77. The molecule has 1 amide bonds. The van der Waals surface area contributed by atoms with Crippen molar-refractivity contribution >= 4 is 15.9 Å². The Kier molecular flexibility index (Phi) is 4.65. The first-order valence-corrected chi connectivity index (χ1v) is 8.44. The summed E-state index contributed by atoms with van der Waals surface area (Å²) >= 11 is 0. The zero-order valence-electron chi connectivity index (χ0n) is 12.2. The molecular weight excluding hydrogens is 290 g/mol. The average molecular weight is 311 g/mol. The third-order valence-electron chi connectivity index (χ3n) is 3.64. The van der Waals surface area contributed by atoms with Crippen molar-refractivity contribution in [3.05, 3.63) is 29.3 Å². The monoisotopic (exact) mass is 311 g/mol. The van der Waals surface area contributed by atoms with Crippen LogP contribution >= 0.6 is 0 Å². The van der Waals surface area contributed by atoms with Crippen LogP contribution in [0.3, 0.4) is 0 Å². The number of amides is 1. The Hall–Kier alpha value is -1.44. The second-order valence-electron chi connectivity index (χ2n) is 5.57. The quantitative estimate of drug-likeness (QED) is 0.719. The fourth-order valence-electron chi connectivity index (χ4n) is 2.50. The zero-order valence-corrected chi connectivity index (χ0v) is 13.0. The maximum absolute atomic E-state index is 12.6. The number of nitrogens with one attached hydrogen (secondary N) is 2. The van der Waals surface area contributed by atoms with Crippen molar-refractivity contribution in [2.45, 2.75) is 37.8 Å². The van der Waals surface area contributed by atoms with Gasteiger partial charge >= 0.3 is 0 Å². The number of hydrogen-bond acceptors (Lipinski definition) is 4. The van der Waals surface area contributed by atoms with Gasteiger partial charge in [0.1, 0.15) is 6.04 Å². The molecule has 0 radical (unpaired) electrons. The Labute approximate surface area is 125 Å². The summed E-state index contributed by atoms with van der Waals surface area (Å²) in [6.07, 6.45) is 0.648. The van der Waals surface area contributed by atoms with Gasteiger partial charge in [0.25, 0.3) is 0 Å². The molecule has 6 nitrogen and oxygen atoms in total. The zero-order chi connectivity index (χ0) is 15.6. The lowest BCUT2D eigenvalue weighted by Crippen LogP contribution is -2.47. The molecule has 2 rings (SSSR count). The number of primary amides is 1. The second kappa shape index (κ2) is 6.13. The fraction of sp³-hybridized carbons (Fsp3) is 0.500. The highest BCUT2D eigenvalue weighted by molar-refractivity contribution is 7.89. The van der Waals surface area contributed by atoms with E-state index in [0.29, 0.717) is 13.0 Å². The van der Waals surface area contributed by atoms with Crippen LogP contribution in [0.15, 0.2) is 23.1 Å². The lowest BCUT2D eigenvalue weighted by Gasteiger charge is -2.23. The molecule has 1 aliphatic rings. The summed E-state index contributed by atoms with van der Waals surface area (Å²) in [4.78, 5) is 11.7. The standard InChI is InChI=1S/C14H21N3O3S/c1-9(2)13(14(15)18)17-21(19,20)12-5-3-4-10-8-16-7-6-11(10)12/h3-5,9,13,16-17H,6-8H2,1-2H3,(H2,15,18). The third-order valence-corrected chi connectivity index (χ3v) is 5.17. The van der Waals surface area contributed by atoms with Crippen LogP contribution in [0.5, 0.6) is 0 Å². The Bertz CT molecular complexity index is 641. The third kappa shape index (κ3) is 3.42. The average Bonchev–Trinajstić information content (AvgIpc) is 2.43. The van der Waals surface area contributed by atoms with Crippen LogP contribution in [0.2, 0.25) is 0 Å². The minimum absolute atomic E-state index is 0.210. The normalized spacial score (nSPS) is 16.5. The van der Waals surface area contributed by atoms with E-state index in [9.17, 15) is 13.2 Å². The van der Waals surface area contributed by atoms with Crippen LogP contribution in [0.4, 0.5) is 0 Å². The van der Waals surface area contributed by atoms with Gasteiger partial charge in [-0.3, -0.25) is 4.79 Å². The maximum Gasteiger partial charge on any atom is 0.241 e. The molecule has 0 aliphatic carbocycles. The highest BCUT2D eigenvalue weighted by Gasteiger charge is 2.29. The van der Waals surface area contributed by atoms with E-state index in [2.05, 4.69) is 10.0 Å². The van der Waals surface area contributed by atoms with Crippen LogP contribution in [0.25, 0.3) is 0 Å². The lowest BCUT2D eigenvalue weighted by atomic mass is 10.0. The van der Waals surface area contributed by atoms with Crippen LogP contribution in [0.1, 0.15) is 25.0 Å². The minimum atomic E-state index is -3.77. The number of hydrogen-bond donors (Lipinski definition) is 3. The van der Waals surface area contributed by atoms with E-state index in [1.54, 1.807) is 26.0 Å². The van der Waals surface area contributed by atoms with Crippen molar-refractivity contribution in [1.29, 1.82) is 0 Å². The number of rotatable bonds is 5.